The first-order chi connectivity index (χ1) is 13.5. The molecule has 1 aromatic carbocycles. The monoisotopic (exact) mass is 414 g/mol. The number of carbonyl (C=O) groups excluding carboxylic acids is 1. The number of benzene rings is 1. The second kappa shape index (κ2) is 7.89. The molecule has 0 spiro atoms. The molecule has 0 fully saturated rings. The molecule has 0 amide bonds. The highest BCUT2D eigenvalue weighted by Gasteiger charge is 2.18. The van der Waals surface area contributed by atoms with Crippen molar-refractivity contribution < 1.29 is 9.53 Å². The Kier molecular flexibility index (Phi) is 5.33. The van der Waals surface area contributed by atoms with Gasteiger partial charge < -0.3 is 4.74 Å². The van der Waals surface area contributed by atoms with E-state index >= 15 is 0 Å². The van der Waals surface area contributed by atoms with Gasteiger partial charge in [-0.3, -0.25) is 9.20 Å². The highest BCUT2D eigenvalue weighted by Crippen LogP contribution is 2.28. The first kappa shape index (κ1) is 18.9. The Labute approximate surface area is 171 Å². The Morgan fingerprint density at radius 2 is 2.14 bits per heavy atom. The molecule has 7 heteroatoms. The normalized spacial score (nSPS) is 13.8. The van der Waals surface area contributed by atoms with Gasteiger partial charge in [-0.2, -0.15) is 0 Å². The van der Waals surface area contributed by atoms with Crippen LogP contribution in [0.1, 0.15) is 40.2 Å². The molecule has 0 saturated carbocycles. The maximum absolute atomic E-state index is 12.5. The molecule has 5 nitrogen and oxygen atoms in total. The lowest BCUT2D eigenvalue weighted by atomic mass is 10.0. The molecule has 4 rings (SSSR count). The smallest absolute Gasteiger partial charge is 0.331 e. The molecule has 1 aliphatic carbocycles. The van der Waals surface area contributed by atoms with Crippen LogP contribution in [0, 0.1) is 6.92 Å². The van der Waals surface area contributed by atoms with Gasteiger partial charge in [-0.05, 0) is 55.9 Å². The van der Waals surface area contributed by atoms with E-state index in [0.717, 1.165) is 42.5 Å². The maximum Gasteiger partial charge on any atom is 0.331 e. The second-order valence-electron chi connectivity index (χ2n) is 6.83. The van der Waals surface area contributed by atoms with Crippen LogP contribution in [0.4, 0.5) is 0 Å². The van der Waals surface area contributed by atoms with Crippen LogP contribution in [0.15, 0.2) is 35.1 Å². The molecule has 144 valence electrons. The summed E-state index contributed by atoms with van der Waals surface area (Å²) in [6.07, 6.45) is 7.16. The van der Waals surface area contributed by atoms with Crippen LogP contribution < -0.4 is 5.56 Å². The molecule has 3 aromatic rings. The number of nitrogens with zero attached hydrogens (tertiary/aromatic N) is 2. The van der Waals surface area contributed by atoms with Gasteiger partial charge in [0.25, 0.3) is 5.56 Å². The molecule has 0 unspecified atom stereocenters. The van der Waals surface area contributed by atoms with Crippen molar-refractivity contribution in [3.63, 3.8) is 0 Å². The van der Waals surface area contributed by atoms with Gasteiger partial charge in [0.05, 0.1) is 5.69 Å². The first-order valence-electron chi connectivity index (χ1n) is 9.15. The Morgan fingerprint density at radius 3 is 2.96 bits per heavy atom. The zero-order chi connectivity index (χ0) is 19.7. The van der Waals surface area contributed by atoms with E-state index < -0.39 is 5.97 Å². The number of carbonyl (C=O) groups is 1. The number of thiazole rings is 1. The van der Waals surface area contributed by atoms with Crippen LogP contribution in [0.3, 0.4) is 0 Å². The third-order valence-electron chi connectivity index (χ3n) is 4.78. The molecular formula is C21H19ClN2O3S. The van der Waals surface area contributed by atoms with E-state index in [0.29, 0.717) is 15.7 Å². The van der Waals surface area contributed by atoms with Crippen molar-refractivity contribution in [1.82, 2.24) is 9.38 Å². The SMILES string of the molecule is Cc1ccc(/C=C/C(=O)OCc2cc(=O)n3c4c(sc3n2)CCCC4)cc1Cl. The third kappa shape index (κ3) is 3.88. The van der Waals surface area contributed by atoms with Gasteiger partial charge in [0.2, 0.25) is 0 Å². The van der Waals surface area contributed by atoms with Gasteiger partial charge in [-0.15, -0.1) is 11.3 Å². The van der Waals surface area contributed by atoms with E-state index in [4.69, 9.17) is 16.3 Å². The van der Waals surface area contributed by atoms with Crippen LogP contribution in [-0.2, 0) is 29.0 Å². The van der Waals surface area contributed by atoms with Gasteiger partial charge in [0.1, 0.15) is 6.61 Å². The largest absolute Gasteiger partial charge is 0.456 e. The van der Waals surface area contributed by atoms with Crippen LogP contribution >= 0.6 is 22.9 Å². The lowest BCUT2D eigenvalue weighted by Gasteiger charge is -2.10. The van der Waals surface area contributed by atoms with E-state index in [1.54, 1.807) is 27.9 Å². The molecule has 0 saturated heterocycles. The Hall–Kier alpha value is -2.44. The third-order valence-corrected chi connectivity index (χ3v) is 6.33. The van der Waals surface area contributed by atoms with Gasteiger partial charge in [-0.25, -0.2) is 9.78 Å². The number of rotatable bonds is 4. The van der Waals surface area contributed by atoms with Crippen molar-refractivity contribution in [1.29, 1.82) is 0 Å². The van der Waals surface area contributed by atoms with Gasteiger partial charge in [-0.1, -0.05) is 23.7 Å². The summed E-state index contributed by atoms with van der Waals surface area (Å²) in [5, 5.41) is 0.646. The summed E-state index contributed by atoms with van der Waals surface area (Å²) in [5.74, 6) is -0.496. The molecule has 0 radical (unpaired) electrons. The van der Waals surface area contributed by atoms with Crippen molar-refractivity contribution in [2.24, 2.45) is 0 Å². The molecule has 2 heterocycles. The number of aryl methyl sites for hydroxylation is 3. The number of ether oxygens (including phenoxy) is 1. The molecular weight excluding hydrogens is 396 g/mol. The fourth-order valence-electron chi connectivity index (χ4n) is 3.29. The molecule has 1 aliphatic rings. The maximum atomic E-state index is 12.5. The van der Waals surface area contributed by atoms with Crippen molar-refractivity contribution in [3.8, 4) is 0 Å². The summed E-state index contributed by atoms with van der Waals surface area (Å²) in [7, 11) is 0. The Morgan fingerprint density at radius 1 is 1.32 bits per heavy atom. The minimum absolute atomic E-state index is 0.0356. The van der Waals surface area contributed by atoms with Crippen LogP contribution in [-0.4, -0.2) is 15.4 Å². The standard InChI is InChI=1S/C21H19ClN2O3S/c1-13-6-7-14(10-16(13)22)8-9-20(26)27-12-15-11-19(25)24-17-4-2-3-5-18(17)28-21(24)23-15/h6-11H,2-5,12H2,1H3/b9-8+. The van der Waals surface area contributed by atoms with E-state index in [-0.39, 0.29) is 12.2 Å². The predicted octanol–water partition coefficient (Wildman–Crippen LogP) is 4.35. The summed E-state index contributed by atoms with van der Waals surface area (Å²) in [6.45, 7) is 1.88. The average molecular weight is 415 g/mol. The number of aromatic nitrogens is 2. The molecule has 0 bridgehead atoms. The number of halogens is 1. The van der Waals surface area contributed by atoms with Crippen LogP contribution in [0.5, 0.6) is 0 Å². The lowest BCUT2D eigenvalue weighted by Crippen LogP contribution is -2.18. The second-order valence-corrected chi connectivity index (χ2v) is 8.30. The average Bonchev–Trinajstić information content (AvgIpc) is 3.06. The number of hydrogen-bond acceptors (Lipinski definition) is 5. The lowest BCUT2D eigenvalue weighted by molar-refractivity contribution is -0.139. The molecule has 0 N–H and O–H groups in total. The van der Waals surface area contributed by atoms with Crippen LogP contribution in [0.2, 0.25) is 5.02 Å². The van der Waals surface area contributed by atoms with Gasteiger partial charge in [0, 0.05) is 27.7 Å². The van der Waals surface area contributed by atoms with E-state index in [9.17, 15) is 9.59 Å². The van der Waals surface area contributed by atoms with E-state index in [1.165, 1.54) is 17.0 Å². The Bertz CT molecular complexity index is 1150. The fraction of sp³-hybridized carbons (Fsp3) is 0.286. The number of esters is 1. The summed E-state index contributed by atoms with van der Waals surface area (Å²) >= 11 is 7.64. The quantitative estimate of drug-likeness (QED) is 0.470. The summed E-state index contributed by atoms with van der Waals surface area (Å²) in [4.78, 5) is 30.9. The topological polar surface area (TPSA) is 60.7 Å². The highest BCUT2D eigenvalue weighted by molar-refractivity contribution is 7.17. The van der Waals surface area contributed by atoms with Gasteiger partial charge in [0.15, 0.2) is 4.96 Å². The van der Waals surface area contributed by atoms with Crippen molar-refractivity contribution in [2.45, 2.75) is 39.2 Å². The summed E-state index contributed by atoms with van der Waals surface area (Å²) < 4.78 is 6.94. The molecule has 0 atom stereocenters. The van der Waals surface area contributed by atoms with Gasteiger partial charge >= 0.3 is 5.97 Å². The number of hydrogen-bond donors (Lipinski definition) is 0. The number of fused-ring (bicyclic) bond motifs is 3. The first-order valence-corrected chi connectivity index (χ1v) is 10.3. The van der Waals surface area contributed by atoms with Crippen molar-refractivity contribution in [2.75, 3.05) is 0 Å². The zero-order valence-corrected chi connectivity index (χ0v) is 17.0. The minimum Gasteiger partial charge on any atom is -0.456 e. The highest BCUT2D eigenvalue weighted by atomic mass is 35.5. The molecule has 0 aliphatic heterocycles. The van der Waals surface area contributed by atoms with Crippen LogP contribution in [0.25, 0.3) is 11.0 Å². The van der Waals surface area contributed by atoms with Crippen molar-refractivity contribution >= 4 is 39.9 Å². The molecule has 2 aromatic heterocycles. The fourth-order valence-corrected chi connectivity index (χ4v) is 4.71. The summed E-state index contributed by atoms with van der Waals surface area (Å²) in [5.41, 5.74) is 3.23. The minimum atomic E-state index is -0.496. The zero-order valence-electron chi connectivity index (χ0n) is 15.4. The predicted molar refractivity (Wildman–Crippen MR) is 111 cm³/mol. The van der Waals surface area contributed by atoms with E-state index in [1.807, 2.05) is 19.1 Å². The Balaban J connectivity index is 1.46. The summed E-state index contributed by atoms with van der Waals surface area (Å²) in [6, 6.07) is 7.00. The van der Waals surface area contributed by atoms with E-state index in [2.05, 4.69) is 4.98 Å². The van der Waals surface area contributed by atoms with Crippen molar-refractivity contribution in [3.05, 3.63) is 73.1 Å². The molecule has 28 heavy (non-hydrogen) atoms.